The highest BCUT2D eigenvalue weighted by atomic mass is 35.5. The largest absolute Gasteiger partial charge is 0.460 e. The second-order valence-electron chi connectivity index (χ2n) is 2.31. The number of hydrogen-bond acceptors (Lipinski definition) is 4. The van der Waals surface area contributed by atoms with E-state index < -0.39 is 6.10 Å². The summed E-state index contributed by atoms with van der Waals surface area (Å²) in [6.45, 7) is 1.70. The number of nitrogen functional groups attached to an aromatic ring is 1. The van der Waals surface area contributed by atoms with Crippen LogP contribution in [0.15, 0.2) is 6.20 Å². The summed E-state index contributed by atoms with van der Waals surface area (Å²) in [6, 6.07) is 0. The molecule has 1 atom stereocenters. The highest BCUT2D eigenvalue weighted by Gasteiger charge is 2.07. The summed E-state index contributed by atoms with van der Waals surface area (Å²) in [5, 5.41) is 0.288. The lowest BCUT2D eigenvalue weighted by Gasteiger charge is -2.08. The van der Waals surface area contributed by atoms with Gasteiger partial charge in [-0.3, -0.25) is 0 Å². The van der Waals surface area contributed by atoms with E-state index in [1.165, 1.54) is 6.20 Å². The normalized spacial score (nSPS) is 11.8. The van der Waals surface area contributed by atoms with Gasteiger partial charge in [0.1, 0.15) is 5.02 Å². The highest BCUT2D eigenvalue weighted by Crippen LogP contribution is 2.21. The van der Waals surface area contributed by atoms with Crippen molar-refractivity contribution in [3.05, 3.63) is 11.2 Å². The average molecular weight is 198 g/mol. The van der Waals surface area contributed by atoms with Gasteiger partial charge in [0.05, 0.1) is 6.20 Å². The van der Waals surface area contributed by atoms with Crippen LogP contribution in [0.3, 0.4) is 0 Å². The Morgan fingerprint density at radius 2 is 2.46 bits per heavy atom. The third-order valence-electron chi connectivity index (χ3n) is 1.25. The lowest BCUT2D eigenvalue weighted by molar-refractivity contribution is 0.268. The summed E-state index contributed by atoms with van der Waals surface area (Å²) in [6.07, 6.45) is 6.08. The zero-order valence-electron chi connectivity index (χ0n) is 6.99. The third-order valence-corrected chi connectivity index (χ3v) is 1.51. The predicted molar refractivity (Wildman–Crippen MR) is 50.4 cm³/mol. The molecule has 13 heavy (non-hydrogen) atoms. The Labute approximate surface area is 81.1 Å². The van der Waals surface area contributed by atoms with Crippen LogP contribution in [0.25, 0.3) is 0 Å². The first kappa shape index (κ1) is 9.62. The standard InChI is InChI=1S/C8H8ClN3O/c1-3-5(2)13-7-6(9)4-11-8(10)12-7/h1,4-5H,2H3,(H2,10,11,12). The molecule has 0 fully saturated rings. The molecule has 5 heteroatoms. The van der Waals surface area contributed by atoms with E-state index >= 15 is 0 Å². The summed E-state index contributed by atoms with van der Waals surface area (Å²) in [5.41, 5.74) is 5.33. The van der Waals surface area contributed by atoms with Crippen LogP contribution in [0, 0.1) is 12.3 Å². The van der Waals surface area contributed by atoms with Crippen molar-refractivity contribution < 1.29 is 4.74 Å². The molecule has 0 amide bonds. The molecule has 0 aliphatic rings. The minimum Gasteiger partial charge on any atom is -0.460 e. The zero-order chi connectivity index (χ0) is 9.84. The van der Waals surface area contributed by atoms with Crippen molar-refractivity contribution in [2.45, 2.75) is 13.0 Å². The Hall–Kier alpha value is -1.47. The van der Waals surface area contributed by atoms with E-state index in [0.29, 0.717) is 0 Å². The first-order valence-electron chi connectivity index (χ1n) is 3.54. The molecule has 1 aromatic rings. The van der Waals surface area contributed by atoms with Gasteiger partial charge in [0.25, 0.3) is 0 Å². The quantitative estimate of drug-likeness (QED) is 0.722. The first-order valence-corrected chi connectivity index (χ1v) is 3.92. The molecule has 1 unspecified atom stereocenters. The predicted octanol–water partition coefficient (Wildman–Crippen LogP) is 1.11. The van der Waals surface area contributed by atoms with Crippen molar-refractivity contribution in [1.29, 1.82) is 0 Å². The molecule has 0 aliphatic carbocycles. The lowest BCUT2D eigenvalue weighted by atomic mass is 10.4. The maximum Gasteiger partial charge on any atom is 0.238 e. The second-order valence-corrected chi connectivity index (χ2v) is 2.72. The Morgan fingerprint density at radius 1 is 1.77 bits per heavy atom. The van der Waals surface area contributed by atoms with Gasteiger partial charge in [-0.25, -0.2) is 4.98 Å². The molecule has 0 aromatic carbocycles. The number of anilines is 1. The number of terminal acetylenes is 1. The van der Waals surface area contributed by atoms with Gasteiger partial charge in [0.15, 0.2) is 6.10 Å². The van der Waals surface area contributed by atoms with E-state index in [-0.39, 0.29) is 16.9 Å². The van der Waals surface area contributed by atoms with Crippen LogP contribution in [-0.2, 0) is 0 Å². The van der Waals surface area contributed by atoms with Crippen LogP contribution in [-0.4, -0.2) is 16.1 Å². The number of rotatable bonds is 2. The first-order chi connectivity index (χ1) is 6.13. The number of nitrogens with two attached hydrogens (primary N) is 1. The van der Waals surface area contributed by atoms with Gasteiger partial charge in [-0.15, -0.1) is 6.42 Å². The summed E-state index contributed by atoms with van der Waals surface area (Å²) >= 11 is 5.72. The molecule has 1 rings (SSSR count). The number of hydrogen-bond donors (Lipinski definition) is 1. The Kier molecular flexibility index (Phi) is 2.93. The van der Waals surface area contributed by atoms with Gasteiger partial charge in [-0.1, -0.05) is 17.5 Å². The van der Waals surface area contributed by atoms with Gasteiger partial charge in [0.2, 0.25) is 11.8 Å². The fraction of sp³-hybridized carbons (Fsp3) is 0.250. The zero-order valence-corrected chi connectivity index (χ0v) is 7.75. The van der Waals surface area contributed by atoms with Crippen molar-refractivity contribution in [2.24, 2.45) is 0 Å². The van der Waals surface area contributed by atoms with Crippen LogP contribution in [0.1, 0.15) is 6.92 Å². The number of halogens is 1. The summed E-state index contributed by atoms with van der Waals surface area (Å²) < 4.78 is 5.18. The fourth-order valence-corrected chi connectivity index (χ4v) is 0.784. The molecule has 2 N–H and O–H groups in total. The molecule has 68 valence electrons. The molecule has 1 heterocycles. The molecule has 0 bridgehead atoms. The minimum absolute atomic E-state index is 0.101. The fourth-order valence-electron chi connectivity index (χ4n) is 0.648. The van der Waals surface area contributed by atoms with Crippen LogP contribution in [0.2, 0.25) is 5.02 Å². The molecule has 0 saturated heterocycles. The molecule has 1 aromatic heterocycles. The van der Waals surface area contributed by atoms with Crippen molar-refractivity contribution in [3.63, 3.8) is 0 Å². The van der Waals surface area contributed by atoms with E-state index in [4.69, 9.17) is 28.5 Å². The number of ether oxygens (including phenoxy) is 1. The Balaban J connectivity index is 2.88. The maximum absolute atomic E-state index is 5.72. The monoisotopic (exact) mass is 197 g/mol. The second kappa shape index (κ2) is 3.97. The molecule has 4 nitrogen and oxygen atoms in total. The van der Waals surface area contributed by atoms with Gasteiger partial charge >= 0.3 is 0 Å². The van der Waals surface area contributed by atoms with Crippen molar-refractivity contribution in [2.75, 3.05) is 5.73 Å². The summed E-state index contributed by atoms with van der Waals surface area (Å²) in [4.78, 5) is 7.45. The van der Waals surface area contributed by atoms with Crippen LogP contribution < -0.4 is 10.5 Å². The van der Waals surface area contributed by atoms with Crippen molar-refractivity contribution >= 4 is 17.5 Å². The van der Waals surface area contributed by atoms with Crippen LogP contribution in [0.4, 0.5) is 5.95 Å². The van der Waals surface area contributed by atoms with Gasteiger partial charge in [0, 0.05) is 0 Å². The Morgan fingerprint density at radius 3 is 3.08 bits per heavy atom. The number of aromatic nitrogens is 2. The van der Waals surface area contributed by atoms with E-state index in [1.54, 1.807) is 6.92 Å². The summed E-state index contributed by atoms with van der Waals surface area (Å²) in [7, 11) is 0. The smallest absolute Gasteiger partial charge is 0.238 e. The minimum atomic E-state index is -0.396. The maximum atomic E-state index is 5.72. The molecule has 0 spiro atoms. The molecule has 0 radical (unpaired) electrons. The van der Waals surface area contributed by atoms with Gasteiger partial charge in [-0.2, -0.15) is 4.98 Å². The SMILES string of the molecule is C#CC(C)Oc1nc(N)ncc1Cl. The Bertz CT molecular complexity index is 348. The highest BCUT2D eigenvalue weighted by molar-refractivity contribution is 6.31. The van der Waals surface area contributed by atoms with E-state index in [0.717, 1.165) is 0 Å². The molecule has 0 aliphatic heterocycles. The number of nitrogens with zero attached hydrogens (tertiary/aromatic N) is 2. The van der Waals surface area contributed by atoms with Crippen LogP contribution in [0.5, 0.6) is 5.88 Å². The third kappa shape index (κ3) is 2.49. The topological polar surface area (TPSA) is 61.0 Å². The average Bonchev–Trinajstić information content (AvgIpc) is 2.11. The molecular formula is C8H8ClN3O. The van der Waals surface area contributed by atoms with Crippen LogP contribution >= 0.6 is 11.6 Å². The van der Waals surface area contributed by atoms with Gasteiger partial charge < -0.3 is 10.5 Å². The molecular weight excluding hydrogens is 190 g/mol. The van der Waals surface area contributed by atoms with E-state index in [1.807, 2.05) is 0 Å². The van der Waals surface area contributed by atoms with E-state index in [2.05, 4.69) is 15.9 Å². The van der Waals surface area contributed by atoms with Gasteiger partial charge in [-0.05, 0) is 6.92 Å². The lowest BCUT2D eigenvalue weighted by Crippen LogP contribution is -2.10. The summed E-state index contributed by atoms with van der Waals surface area (Å²) in [5.74, 6) is 2.69. The molecule has 0 saturated carbocycles. The van der Waals surface area contributed by atoms with E-state index in [9.17, 15) is 0 Å². The van der Waals surface area contributed by atoms with Crippen molar-refractivity contribution in [3.8, 4) is 18.2 Å². The van der Waals surface area contributed by atoms with Crippen molar-refractivity contribution in [1.82, 2.24) is 9.97 Å².